The lowest BCUT2D eigenvalue weighted by Gasteiger charge is -2.33. The fourth-order valence-electron chi connectivity index (χ4n) is 4.64. The molecule has 1 fully saturated rings. The molecule has 33 heavy (non-hydrogen) atoms. The number of nitrogens with one attached hydrogen (secondary N) is 1. The van der Waals surface area contributed by atoms with Crippen molar-refractivity contribution in [1.82, 2.24) is 19.5 Å². The maximum Gasteiger partial charge on any atom is 0.150 e. The number of rotatable bonds is 7. The molecule has 2 aromatic carbocycles. The maximum absolute atomic E-state index is 10.3. The molecule has 1 atom stereocenters. The number of piperidine rings is 1. The van der Waals surface area contributed by atoms with Gasteiger partial charge in [-0.05, 0) is 54.9 Å². The average Bonchev–Trinajstić information content (AvgIpc) is 3.23. The van der Waals surface area contributed by atoms with E-state index in [-0.39, 0.29) is 5.75 Å². The average molecular weight is 437 g/mol. The fraction of sp³-hybridized carbons (Fsp3) is 0.308. The zero-order valence-corrected chi connectivity index (χ0v) is 18.7. The number of phenolic OH excluding ortho intramolecular Hbond substituents is 1. The van der Waals surface area contributed by atoms with Crippen LogP contribution in [0.2, 0.25) is 0 Å². The molecule has 2 aromatic heterocycles. The lowest BCUT2D eigenvalue weighted by atomic mass is 9.97. The number of phenols is 1. The summed E-state index contributed by atoms with van der Waals surface area (Å²) in [5, 5.41) is 18.3. The van der Waals surface area contributed by atoms with E-state index in [2.05, 4.69) is 50.6 Å². The normalized spacial score (nSPS) is 16.8. The van der Waals surface area contributed by atoms with E-state index >= 15 is 0 Å². The van der Waals surface area contributed by atoms with Crippen molar-refractivity contribution in [3.63, 3.8) is 0 Å². The monoisotopic (exact) mass is 437 g/mol. The van der Waals surface area contributed by atoms with E-state index in [9.17, 15) is 5.11 Å². The standard InChI is InChI=1S/C26H28BN5O/c27-22-17-29-32-25(15-23(30-26(22)32)21-10-4-5-11-24(21)33)28-16-20-9-6-13-31(18-20)14-12-19-7-2-1-3-8-19/h1-5,7-8,10-11,15,17,20,28,33H,6,9,12-14,16,18H2. The Kier molecular flexibility index (Phi) is 6.31. The van der Waals surface area contributed by atoms with Crippen LogP contribution in [0, 0.1) is 5.92 Å². The van der Waals surface area contributed by atoms with Crippen molar-refractivity contribution < 1.29 is 5.11 Å². The van der Waals surface area contributed by atoms with Crippen molar-refractivity contribution in [3.8, 4) is 17.0 Å². The van der Waals surface area contributed by atoms with Gasteiger partial charge in [-0.1, -0.05) is 42.5 Å². The van der Waals surface area contributed by atoms with Gasteiger partial charge in [-0.15, -0.1) is 0 Å². The van der Waals surface area contributed by atoms with E-state index in [1.807, 2.05) is 18.2 Å². The van der Waals surface area contributed by atoms with E-state index in [0.29, 0.717) is 28.3 Å². The summed E-state index contributed by atoms with van der Waals surface area (Å²) in [5.41, 5.74) is 3.84. The second kappa shape index (κ2) is 9.67. The first-order valence-electron chi connectivity index (χ1n) is 11.6. The van der Waals surface area contributed by atoms with Gasteiger partial charge < -0.3 is 15.3 Å². The number of likely N-dealkylation sites (tertiary alicyclic amines) is 1. The molecule has 5 rings (SSSR count). The van der Waals surface area contributed by atoms with Crippen LogP contribution in [0.25, 0.3) is 16.9 Å². The molecule has 166 valence electrons. The molecular formula is C26H28BN5O. The lowest BCUT2D eigenvalue weighted by molar-refractivity contribution is 0.182. The van der Waals surface area contributed by atoms with Crippen molar-refractivity contribution in [2.24, 2.45) is 5.92 Å². The second-order valence-electron chi connectivity index (χ2n) is 8.80. The van der Waals surface area contributed by atoms with Crippen molar-refractivity contribution >= 4 is 24.8 Å². The van der Waals surface area contributed by atoms with Gasteiger partial charge in [-0.2, -0.15) is 9.61 Å². The SMILES string of the molecule is [B]c1cnn2c(NCC3CCCN(CCc4ccccc4)C3)cc(-c3ccccc3O)nc12. The summed E-state index contributed by atoms with van der Waals surface area (Å²) < 4.78 is 1.74. The number of aromatic nitrogens is 3. The number of hydrogen-bond acceptors (Lipinski definition) is 5. The molecule has 0 amide bonds. The molecule has 2 radical (unpaired) electrons. The zero-order valence-electron chi connectivity index (χ0n) is 18.7. The molecule has 3 heterocycles. The molecule has 0 spiro atoms. The minimum absolute atomic E-state index is 0.194. The molecule has 2 N–H and O–H groups in total. The molecule has 6 nitrogen and oxygen atoms in total. The van der Waals surface area contributed by atoms with Crippen LogP contribution in [0.5, 0.6) is 5.75 Å². The van der Waals surface area contributed by atoms with E-state index in [0.717, 1.165) is 38.4 Å². The van der Waals surface area contributed by atoms with E-state index in [4.69, 9.17) is 7.85 Å². The number of hydrogen-bond donors (Lipinski definition) is 2. The van der Waals surface area contributed by atoms with E-state index in [1.165, 1.54) is 18.4 Å². The number of nitrogens with zero attached hydrogens (tertiary/aromatic N) is 4. The van der Waals surface area contributed by atoms with Gasteiger partial charge >= 0.3 is 0 Å². The minimum Gasteiger partial charge on any atom is -0.507 e. The van der Waals surface area contributed by atoms with Gasteiger partial charge in [-0.3, -0.25) is 0 Å². The maximum atomic E-state index is 10.3. The summed E-state index contributed by atoms with van der Waals surface area (Å²) in [6.07, 6.45) is 5.12. The third-order valence-corrected chi connectivity index (χ3v) is 6.41. The Morgan fingerprint density at radius 2 is 1.91 bits per heavy atom. The number of anilines is 1. The number of benzene rings is 2. The fourth-order valence-corrected chi connectivity index (χ4v) is 4.64. The molecule has 0 aliphatic carbocycles. The topological polar surface area (TPSA) is 65.7 Å². The van der Waals surface area contributed by atoms with Gasteiger partial charge in [0.15, 0.2) is 5.65 Å². The summed E-state index contributed by atoms with van der Waals surface area (Å²) >= 11 is 0. The Balaban J connectivity index is 1.29. The Bertz CT molecular complexity index is 1230. The predicted molar refractivity (Wildman–Crippen MR) is 133 cm³/mol. The van der Waals surface area contributed by atoms with Crippen LogP contribution in [0.15, 0.2) is 66.9 Å². The van der Waals surface area contributed by atoms with Crippen molar-refractivity contribution in [2.75, 3.05) is 31.5 Å². The summed E-state index contributed by atoms with van der Waals surface area (Å²) in [6.45, 7) is 4.19. The highest BCUT2D eigenvalue weighted by atomic mass is 16.3. The molecule has 0 bridgehead atoms. The van der Waals surface area contributed by atoms with Gasteiger partial charge in [0.25, 0.3) is 0 Å². The van der Waals surface area contributed by atoms with E-state index in [1.54, 1.807) is 22.8 Å². The Labute approximate surface area is 195 Å². The highest BCUT2D eigenvalue weighted by Crippen LogP contribution is 2.29. The molecule has 4 aromatic rings. The Morgan fingerprint density at radius 1 is 1.09 bits per heavy atom. The third kappa shape index (κ3) is 4.88. The quantitative estimate of drug-likeness (QED) is 0.435. The smallest absolute Gasteiger partial charge is 0.150 e. The van der Waals surface area contributed by atoms with Crippen molar-refractivity contribution in [1.29, 1.82) is 0 Å². The van der Waals surface area contributed by atoms with Crippen molar-refractivity contribution in [3.05, 3.63) is 72.4 Å². The number of fused-ring (bicyclic) bond motifs is 1. The van der Waals surface area contributed by atoms with Gasteiger partial charge in [0.1, 0.15) is 19.4 Å². The van der Waals surface area contributed by atoms with Crippen LogP contribution >= 0.6 is 0 Å². The molecule has 1 saturated heterocycles. The second-order valence-corrected chi connectivity index (χ2v) is 8.80. The first-order valence-corrected chi connectivity index (χ1v) is 11.6. The first-order chi connectivity index (χ1) is 16.2. The molecule has 0 saturated carbocycles. The van der Waals surface area contributed by atoms with E-state index < -0.39 is 0 Å². The Hall–Kier alpha value is -3.32. The lowest BCUT2D eigenvalue weighted by Crippen LogP contribution is -2.39. The highest BCUT2D eigenvalue weighted by Gasteiger charge is 2.20. The summed E-state index contributed by atoms with van der Waals surface area (Å²) in [6, 6.07) is 19.8. The van der Waals surface area contributed by atoms with Crippen LogP contribution in [-0.2, 0) is 6.42 Å². The van der Waals surface area contributed by atoms with Gasteiger partial charge in [-0.25, -0.2) is 4.98 Å². The first kappa shape index (κ1) is 21.5. The zero-order chi connectivity index (χ0) is 22.6. The van der Waals surface area contributed by atoms with Crippen molar-refractivity contribution in [2.45, 2.75) is 19.3 Å². The Morgan fingerprint density at radius 3 is 2.76 bits per heavy atom. The summed E-state index contributed by atoms with van der Waals surface area (Å²) in [4.78, 5) is 7.23. The number of para-hydroxylation sites is 1. The van der Waals surface area contributed by atoms with Crippen LogP contribution in [0.3, 0.4) is 0 Å². The molecule has 7 heteroatoms. The number of aromatic hydroxyl groups is 1. The largest absolute Gasteiger partial charge is 0.507 e. The molecule has 1 aliphatic rings. The summed E-state index contributed by atoms with van der Waals surface area (Å²) in [7, 11) is 6.13. The van der Waals surface area contributed by atoms with Crippen LogP contribution in [0.1, 0.15) is 18.4 Å². The van der Waals surface area contributed by atoms with Crippen LogP contribution in [0.4, 0.5) is 5.82 Å². The van der Waals surface area contributed by atoms with Crippen LogP contribution in [-0.4, -0.2) is 58.6 Å². The summed E-state index contributed by atoms with van der Waals surface area (Å²) in [5.74, 6) is 1.58. The van der Waals surface area contributed by atoms with Crippen LogP contribution < -0.4 is 10.8 Å². The molecule has 1 aliphatic heterocycles. The minimum atomic E-state index is 0.194. The molecular weight excluding hydrogens is 409 g/mol. The van der Waals surface area contributed by atoms with Gasteiger partial charge in [0.05, 0.1) is 5.69 Å². The van der Waals surface area contributed by atoms with Gasteiger partial charge in [0.2, 0.25) is 0 Å². The van der Waals surface area contributed by atoms with Gasteiger partial charge in [0, 0.05) is 37.5 Å². The third-order valence-electron chi connectivity index (χ3n) is 6.41. The highest BCUT2D eigenvalue weighted by molar-refractivity contribution is 6.36. The predicted octanol–water partition coefficient (Wildman–Crippen LogP) is 3.26. The molecule has 1 unspecified atom stereocenters.